The maximum Gasteiger partial charge on any atom is 0.330 e. The number of halogens is 1. The van der Waals surface area contributed by atoms with Crippen LogP contribution in [-0.2, 0) is 12.8 Å². The number of allylic oxidation sites excluding steroid dienone is 3. The lowest BCUT2D eigenvalue weighted by atomic mass is 10.0. The van der Waals surface area contributed by atoms with E-state index < -0.39 is 0 Å². The van der Waals surface area contributed by atoms with E-state index in [9.17, 15) is 4.79 Å². The van der Waals surface area contributed by atoms with E-state index in [1.807, 2.05) is 43.3 Å². The monoisotopic (exact) mass is 364 g/mol. The highest BCUT2D eigenvalue weighted by Gasteiger charge is 2.26. The van der Waals surface area contributed by atoms with E-state index in [0.717, 1.165) is 53.4 Å². The third kappa shape index (κ3) is 3.04. The maximum absolute atomic E-state index is 13.3. The van der Waals surface area contributed by atoms with Gasteiger partial charge >= 0.3 is 6.03 Å². The number of carbonyl (C=O) groups is 1. The number of rotatable bonds is 1. The van der Waals surface area contributed by atoms with Crippen LogP contribution < -0.4 is 10.2 Å². The van der Waals surface area contributed by atoms with Crippen molar-refractivity contribution in [1.82, 2.24) is 5.32 Å². The third-order valence-corrected chi connectivity index (χ3v) is 5.57. The van der Waals surface area contributed by atoms with Gasteiger partial charge in [0.15, 0.2) is 0 Å². The highest BCUT2D eigenvalue weighted by atomic mass is 35.5. The summed E-state index contributed by atoms with van der Waals surface area (Å²) in [6.45, 7) is 1.96. The first-order valence-corrected chi connectivity index (χ1v) is 9.35. The van der Waals surface area contributed by atoms with Crippen LogP contribution in [0.1, 0.15) is 30.9 Å². The number of carbonyl (C=O) groups excluding carboxylic acids is 1. The highest BCUT2D eigenvalue weighted by Crippen LogP contribution is 2.36. The second kappa shape index (κ2) is 7.00. The molecule has 1 aliphatic heterocycles. The Labute approximate surface area is 159 Å². The zero-order chi connectivity index (χ0) is 18.1. The summed E-state index contributed by atoms with van der Waals surface area (Å²) in [5.41, 5.74) is 6.01. The third-order valence-electron chi connectivity index (χ3n) is 5.10. The number of fused-ring (bicyclic) bond motifs is 2. The molecule has 0 aromatic heterocycles. The molecule has 2 aromatic carbocycles. The van der Waals surface area contributed by atoms with E-state index in [0.29, 0.717) is 0 Å². The van der Waals surface area contributed by atoms with Crippen LogP contribution in [-0.4, -0.2) is 6.03 Å². The zero-order valence-electron chi connectivity index (χ0n) is 14.8. The van der Waals surface area contributed by atoms with E-state index in [1.54, 1.807) is 4.90 Å². The molecule has 132 valence electrons. The Hall–Kier alpha value is -2.52. The van der Waals surface area contributed by atoms with E-state index in [4.69, 9.17) is 11.6 Å². The molecule has 0 unspecified atom stereocenters. The molecule has 2 aromatic rings. The van der Waals surface area contributed by atoms with Gasteiger partial charge in [-0.15, -0.1) is 0 Å². The molecule has 0 saturated heterocycles. The summed E-state index contributed by atoms with van der Waals surface area (Å²) >= 11 is 6.29. The molecule has 1 heterocycles. The van der Waals surface area contributed by atoms with Crippen molar-refractivity contribution < 1.29 is 4.79 Å². The van der Waals surface area contributed by atoms with Crippen molar-refractivity contribution in [3.8, 4) is 0 Å². The first-order valence-electron chi connectivity index (χ1n) is 8.98. The van der Waals surface area contributed by atoms with Gasteiger partial charge in [0.25, 0.3) is 0 Å². The van der Waals surface area contributed by atoms with Crippen LogP contribution in [0.25, 0.3) is 0 Å². The van der Waals surface area contributed by atoms with Crippen LogP contribution in [0.2, 0.25) is 0 Å². The van der Waals surface area contributed by atoms with Crippen molar-refractivity contribution in [1.29, 1.82) is 0 Å². The Morgan fingerprint density at radius 3 is 2.15 bits per heavy atom. The SMILES string of the molecule is CC1=C(Cl)CCC=C1NC(=O)N1c2ccccc2CCc2ccccc21. The minimum Gasteiger partial charge on any atom is -0.307 e. The van der Waals surface area contributed by atoms with Crippen molar-refractivity contribution in [3.05, 3.63) is 82.0 Å². The molecule has 0 spiro atoms. The number of hydrogen-bond acceptors (Lipinski definition) is 1. The number of urea groups is 1. The number of amides is 2. The molecule has 0 bridgehead atoms. The van der Waals surface area contributed by atoms with Gasteiger partial charge in [0, 0.05) is 10.7 Å². The fourth-order valence-electron chi connectivity index (χ4n) is 3.64. The first kappa shape index (κ1) is 16.9. The van der Waals surface area contributed by atoms with Crippen molar-refractivity contribution in [2.45, 2.75) is 32.6 Å². The molecule has 0 atom stereocenters. The number of benzene rings is 2. The number of nitrogens with zero attached hydrogens (tertiary/aromatic N) is 1. The van der Waals surface area contributed by atoms with Crippen LogP contribution >= 0.6 is 11.6 Å². The smallest absolute Gasteiger partial charge is 0.307 e. The number of aryl methyl sites for hydroxylation is 2. The van der Waals surface area contributed by atoms with Gasteiger partial charge in [-0.25, -0.2) is 4.79 Å². The van der Waals surface area contributed by atoms with Crippen LogP contribution in [0.15, 0.2) is 70.9 Å². The molecule has 0 radical (unpaired) electrons. The molecule has 3 nitrogen and oxygen atoms in total. The van der Waals surface area contributed by atoms with Gasteiger partial charge in [-0.2, -0.15) is 0 Å². The van der Waals surface area contributed by atoms with Gasteiger partial charge in [-0.3, -0.25) is 4.90 Å². The molecular formula is C22H21ClN2O. The topological polar surface area (TPSA) is 32.3 Å². The fraction of sp³-hybridized carbons (Fsp3) is 0.227. The Morgan fingerprint density at radius 2 is 1.54 bits per heavy atom. The Balaban J connectivity index is 1.75. The average Bonchev–Trinajstić information content (AvgIpc) is 2.82. The normalized spacial score (nSPS) is 16.4. The van der Waals surface area contributed by atoms with E-state index in [2.05, 4.69) is 23.5 Å². The van der Waals surface area contributed by atoms with Gasteiger partial charge in [-0.1, -0.05) is 54.1 Å². The first-order chi connectivity index (χ1) is 12.6. The number of nitrogens with one attached hydrogen (secondary N) is 1. The predicted molar refractivity (Wildman–Crippen MR) is 107 cm³/mol. The summed E-state index contributed by atoms with van der Waals surface area (Å²) in [4.78, 5) is 15.1. The zero-order valence-corrected chi connectivity index (χ0v) is 15.5. The average molecular weight is 365 g/mol. The summed E-state index contributed by atoms with van der Waals surface area (Å²) in [7, 11) is 0. The number of para-hydroxylation sites is 2. The molecule has 2 aliphatic rings. The number of anilines is 2. The van der Waals surface area contributed by atoms with Gasteiger partial charge < -0.3 is 5.32 Å². The minimum absolute atomic E-state index is 0.149. The molecule has 0 saturated carbocycles. The second-order valence-electron chi connectivity index (χ2n) is 6.71. The lowest BCUT2D eigenvalue weighted by Gasteiger charge is -2.27. The lowest BCUT2D eigenvalue weighted by Crippen LogP contribution is -2.37. The second-order valence-corrected chi connectivity index (χ2v) is 7.17. The van der Waals surface area contributed by atoms with Gasteiger partial charge in [-0.05, 0) is 61.4 Å². The molecule has 0 fully saturated rings. The Morgan fingerprint density at radius 1 is 0.962 bits per heavy atom. The molecule has 4 heteroatoms. The molecular weight excluding hydrogens is 344 g/mol. The predicted octanol–water partition coefficient (Wildman–Crippen LogP) is 5.82. The van der Waals surface area contributed by atoms with Crippen molar-refractivity contribution in [3.63, 3.8) is 0 Å². The summed E-state index contributed by atoms with van der Waals surface area (Å²) in [6.07, 6.45) is 5.57. The summed E-state index contributed by atoms with van der Waals surface area (Å²) in [6, 6.07) is 16.1. The van der Waals surface area contributed by atoms with E-state index in [-0.39, 0.29) is 6.03 Å². The lowest BCUT2D eigenvalue weighted by molar-refractivity contribution is 0.251. The highest BCUT2D eigenvalue weighted by molar-refractivity contribution is 6.30. The fourth-order valence-corrected chi connectivity index (χ4v) is 3.86. The van der Waals surface area contributed by atoms with Crippen molar-refractivity contribution >= 4 is 29.0 Å². The van der Waals surface area contributed by atoms with Gasteiger partial charge in [0.05, 0.1) is 11.4 Å². The standard InChI is InChI=1S/C22H21ClN2O/c1-15-18(23)9-6-10-19(15)24-22(26)25-20-11-4-2-7-16(20)13-14-17-8-3-5-12-21(17)25/h2-5,7-8,10-12H,6,9,13-14H2,1H3,(H,24,26). The molecule has 26 heavy (non-hydrogen) atoms. The Bertz CT molecular complexity index is 882. The minimum atomic E-state index is -0.149. The summed E-state index contributed by atoms with van der Waals surface area (Å²) in [5, 5.41) is 3.90. The molecule has 1 aliphatic carbocycles. The van der Waals surface area contributed by atoms with Crippen molar-refractivity contribution in [2.24, 2.45) is 0 Å². The van der Waals surface area contributed by atoms with Gasteiger partial charge in [0.2, 0.25) is 0 Å². The van der Waals surface area contributed by atoms with Crippen LogP contribution in [0.4, 0.5) is 16.2 Å². The van der Waals surface area contributed by atoms with Crippen molar-refractivity contribution in [2.75, 3.05) is 4.90 Å². The van der Waals surface area contributed by atoms with Crippen LogP contribution in [0.3, 0.4) is 0 Å². The molecule has 2 amide bonds. The Kier molecular flexibility index (Phi) is 4.56. The van der Waals surface area contributed by atoms with Gasteiger partial charge in [0.1, 0.15) is 0 Å². The van der Waals surface area contributed by atoms with Crippen LogP contribution in [0, 0.1) is 0 Å². The maximum atomic E-state index is 13.3. The molecule has 1 N–H and O–H groups in total. The van der Waals surface area contributed by atoms with Crippen LogP contribution in [0.5, 0.6) is 0 Å². The largest absolute Gasteiger partial charge is 0.330 e. The van der Waals surface area contributed by atoms with E-state index in [1.165, 1.54) is 11.1 Å². The summed E-state index contributed by atoms with van der Waals surface area (Å²) in [5.74, 6) is 0. The summed E-state index contributed by atoms with van der Waals surface area (Å²) < 4.78 is 0. The van der Waals surface area contributed by atoms with E-state index >= 15 is 0 Å². The number of hydrogen-bond donors (Lipinski definition) is 1. The quantitative estimate of drug-likeness (QED) is 0.679. The molecule has 4 rings (SSSR count).